The molecule has 0 heterocycles. The van der Waals surface area contributed by atoms with E-state index >= 15 is 0 Å². The van der Waals surface area contributed by atoms with Crippen LogP contribution in [0.2, 0.25) is 0 Å². The van der Waals surface area contributed by atoms with Crippen molar-refractivity contribution in [3.63, 3.8) is 0 Å². The molecule has 20 heavy (non-hydrogen) atoms. The van der Waals surface area contributed by atoms with Gasteiger partial charge in [-0.1, -0.05) is 0 Å². The second-order valence-electron chi connectivity index (χ2n) is 4.38. The number of phenols is 1. The third kappa shape index (κ3) is 4.43. The fourth-order valence-corrected chi connectivity index (χ4v) is 1.90. The number of phenolic OH excluding ortho intramolecular Hbond substituents is 1. The van der Waals surface area contributed by atoms with E-state index < -0.39 is 17.9 Å². The third-order valence-electron chi connectivity index (χ3n) is 2.84. The van der Waals surface area contributed by atoms with Crippen molar-refractivity contribution in [2.75, 3.05) is 18.1 Å². The van der Waals surface area contributed by atoms with Crippen LogP contribution in [0.3, 0.4) is 0 Å². The Morgan fingerprint density at radius 2 is 1.80 bits per heavy atom. The minimum Gasteiger partial charge on any atom is -0.508 e. The Kier molecular flexibility index (Phi) is 5.79. The number of amides is 2. The van der Waals surface area contributed by atoms with Gasteiger partial charge in [0.05, 0.1) is 6.42 Å². The monoisotopic (exact) mass is 281 g/mol. The number of primary amides is 2. The zero-order valence-corrected chi connectivity index (χ0v) is 11.0. The average molecular weight is 281 g/mol. The van der Waals surface area contributed by atoms with Crippen LogP contribution < -0.4 is 16.4 Å². The van der Waals surface area contributed by atoms with Crippen LogP contribution >= 0.6 is 0 Å². The van der Waals surface area contributed by atoms with Gasteiger partial charge in [-0.05, 0) is 30.7 Å². The molecule has 1 aromatic rings. The van der Waals surface area contributed by atoms with Gasteiger partial charge in [-0.2, -0.15) is 0 Å². The summed E-state index contributed by atoms with van der Waals surface area (Å²) < 4.78 is 0. The number of hydrogen-bond acceptors (Lipinski definition) is 5. The van der Waals surface area contributed by atoms with Crippen molar-refractivity contribution in [1.82, 2.24) is 0 Å². The van der Waals surface area contributed by atoms with Crippen LogP contribution in [0.1, 0.15) is 12.8 Å². The summed E-state index contributed by atoms with van der Waals surface area (Å²) in [6, 6.07) is 5.24. The van der Waals surface area contributed by atoms with Gasteiger partial charge < -0.3 is 26.6 Å². The molecule has 0 aliphatic heterocycles. The molecule has 7 heteroatoms. The molecule has 0 saturated carbocycles. The van der Waals surface area contributed by atoms with E-state index in [0.29, 0.717) is 18.7 Å². The van der Waals surface area contributed by atoms with Crippen LogP contribution in [0.4, 0.5) is 5.69 Å². The zero-order valence-electron chi connectivity index (χ0n) is 11.0. The Bertz CT molecular complexity index is 461. The van der Waals surface area contributed by atoms with Gasteiger partial charge in [-0.3, -0.25) is 9.59 Å². The van der Waals surface area contributed by atoms with Crippen LogP contribution in [0.5, 0.6) is 5.75 Å². The van der Waals surface area contributed by atoms with E-state index in [0.717, 1.165) is 0 Å². The van der Waals surface area contributed by atoms with Gasteiger partial charge in [0.15, 0.2) is 0 Å². The Labute approximate surface area is 116 Å². The summed E-state index contributed by atoms with van der Waals surface area (Å²) in [5.41, 5.74) is 11.1. The zero-order chi connectivity index (χ0) is 15.1. The number of benzene rings is 1. The third-order valence-corrected chi connectivity index (χ3v) is 2.84. The second-order valence-corrected chi connectivity index (χ2v) is 4.38. The molecular formula is C13H19N3O4. The van der Waals surface area contributed by atoms with Crippen molar-refractivity contribution in [2.24, 2.45) is 11.5 Å². The predicted molar refractivity (Wildman–Crippen MR) is 73.9 cm³/mol. The summed E-state index contributed by atoms with van der Waals surface area (Å²) in [5.74, 6) is -1.22. The number of aromatic hydroxyl groups is 1. The number of carbonyl (C=O) groups is 2. The summed E-state index contributed by atoms with van der Waals surface area (Å²) in [4.78, 5) is 24.2. The summed E-state index contributed by atoms with van der Waals surface area (Å²) in [6.45, 7) is 0.277. The maximum absolute atomic E-state index is 11.5. The minimum atomic E-state index is -0.886. The summed E-state index contributed by atoms with van der Waals surface area (Å²) >= 11 is 0. The number of aliphatic hydroxyl groups excluding tert-OH is 1. The second kappa shape index (κ2) is 7.34. The van der Waals surface area contributed by atoms with E-state index in [1.807, 2.05) is 0 Å². The molecule has 0 fully saturated rings. The number of rotatable bonds is 8. The molecule has 0 spiro atoms. The fourth-order valence-electron chi connectivity index (χ4n) is 1.90. The molecule has 1 rings (SSSR count). The Morgan fingerprint density at radius 1 is 1.20 bits per heavy atom. The molecule has 0 aliphatic carbocycles. The number of nitrogens with two attached hydrogens (primary N) is 2. The highest BCUT2D eigenvalue weighted by Crippen LogP contribution is 2.22. The molecule has 0 bridgehead atoms. The first-order chi connectivity index (χ1) is 9.45. The van der Waals surface area contributed by atoms with Crippen molar-refractivity contribution in [3.05, 3.63) is 24.3 Å². The van der Waals surface area contributed by atoms with Gasteiger partial charge >= 0.3 is 0 Å². The quantitative estimate of drug-likeness (QED) is 0.501. The predicted octanol–water partition coefficient (Wildman–Crippen LogP) is -0.690. The molecule has 110 valence electrons. The van der Waals surface area contributed by atoms with Crippen LogP contribution in [-0.4, -0.2) is 41.2 Å². The SMILES string of the molecule is NC(=O)C[C@@H](C(N)=O)N(CCCO)c1ccc(O)cc1. The van der Waals surface area contributed by atoms with E-state index in [1.54, 1.807) is 17.0 Å². The average Bonchev–Trinajstić information content (AvgIpc) is 2.39. The molecular weight excluding hydrogens is 262 g/mol. The van der Waals surface area contributed by atoms with E-state index in [4.69, 9.17) is 16.6 Å². The lowest BCUT2D eigenvalue weighted by atomic mass is 10.1. The molecule has 1 atom stereocenters. The van der Waals surface area contributed by atoms with Gasteiger partial charge in [-0.15, -0.1) is 0 Å². The van der Waals surface area contributed by atoms with Gasteiger partial charge in [0, 0.05) is 18.8 Å². The maximum Gasteiger partial charge on any atom is 0.240 e. The van der Waals surface area contributed by atoms with E-state index in [9.17, 15) is 14.7 Å². The summed E-state index contributed by atoms with van der Waals surface area (Å²) in [7, 11) is 0. The standard InChI is InChI=1S/C13H19N3O4/c14-12(19)8-11(13(15)20)16(6-1-7-17)9-2-4-10(18)5-3-9/h2-5,11,17-18H,1,6-8H2,(H2,14,19)(H2,15,20)/t11-/m0/s1. The lowest BCUT2D eigenvalue weighted by Crippen LogP contribution is -2.47. The molecule has 0 radical (unpaired) electrons. The number of aliphatic hydroxyl groups is 1. The molecule has 0 unspecified atom stereocenters. The smallest absolute Gasteiger partial charge is 0.240 e. The molecule has 0 aromatic heterocycles. The molecule has 6 N–H and O–H groups in total. The van der Waals surface area contributed by atoms with Crippen LogP contribution in [0, 0.1) is 0 Å². The Morgan fingerprint density at radius 3 is 2.25 bits per heavy atom. The van der Waals surface area contributed by atoms with E-state index in [-0.39, 0.29) is 18.8 Å². The van der Waals surface area contributed by atoms with Gasteiger partial charge in [0.1, 0.15) is 11.8 Å². The summed E-state index contributed by atoms with van der Waals surface area (Å²) in [6.07, 6.45) is 0.199. The largest absolute Gasteiger partial charge is 0.508 e. The minimum absolute atomic E-state index is 0.0589. The van der Waals surface area contributed by atoms with Crippen LogP contribution in [0.15, 0.2) is 24.3 Å². The maximum atomic E-state index is 11.5. The van der Waals surface area contributed by atoms with Crippen LogP contribution in [-0.2, 0) is 9.59 Å². The van der Waals surface area contributed by atoms with Crippen molar-refractivity contribution in [3.8, 4) is 5.75 Å². The Hall–Kier alpha value is -2.28. The molecule has 1 aromatic carbocycles. The highest BCUT2D eigenvalue weighted by atomic mass is 16.3. The van der Waals surface area contributed by atoms with E-state index in [2.05, 4.69) is 0 Å². The van der Waals surface area contributed by atoms with Gasteiger partial charge in [0.2, 0.25) is 11.8 Å². The fraction of sp³-hybridized carbons (Fsp3) is 0.385. The number of hydrogen-bond donors (Lipinski definition) is 4. The normalized spacial score (nSPS) is 11.8. The van der Waals surface area contributed by atoms with Crippen LogP contribution in [0.25, 0.3) is 0 Å². The molecule has 0 saturated heterocycles. The lowest BCUT2D eigenvalue weighted by molar-refractivity contribution is -0.124. The number of anilines is 1. The highest BCUT2D eigenvalue weighted by Gasteiger charge is 2.25. The van der Waals surface area contributed by atoms with Gasteiger partial charge in [0.25, 0.3) is 0 Å². The lowest BCUT2D eigenvalue weighted by Gasteiger charge is -2.31. The first-order valence-electron chi connectivity index (χ1n) is 6.20. The van der Waals surface area contributed by atoms with E-state index in [1.165, 1.54) is 12.1 Å². The number of carbonyl (C=O) groups excluding carboxylic acids is 2. The highest BCUT2D eigenvalue weighted by molar-refractivity contribution is 5.89. The molecule has 2 amide bonds. The molecule has 7 nitrogen and oxygen atoms in total. The van der Waals surface area contributed by atoms with Crippen molar-refractivity contribution < 1.29 is 19.8 Å². The van der Waals surface area contributed by atoms with Crippen molar-refractivity contribution in [1.29, 1.82) is 0 Å². The van der Waals surface area contributed by atoms with Crippen molar-refractivity contribution in [2.45, 2.75) is 18.9 Å². The first kappa shape index (κ1) is 15.8. The van der Waals surface area contributed by atoms with Crippen molar-refractivity contribution >= 4 is 17.5 Å². The Balaban J connectivity index is 3.04. The first-order valence-corrected chi connectivity index (χ1v) is 6.20. The topological polar surface area (TPSA) is 130 Å². The molecule has 0 aliphatic rings. The number of nitrogens with zero attached hydrogens (tertiary/aromatic N) is 1. The summed E-state index contributed by atoms with van der Waals surface area (Å²) in [5, 5.41) is 18.2. The van der Waals surface area contributed by atoms with Gasteiger partial charge in [-0.25, -0.2) is 0 Å².